The fraction of sp³-hybridized carbons (Fsp3) is 0.524. The second kappa shape index (κ2) is 10.6. The first kappa shape index (κ1) is 20.8. The molecule has 6 nitrogen and oxygen atoms in total. The zero-order valence-corrected chi connectivity index (χ0v) is 17.2. The predicted molar refractivity (Wildman–Crippen MR) is 111 cm³/mol. The molecule has 0 atom stereocenters. The van der Waals surface area contributed by atoms with E-state index in [1.54, 1.807) is 0 Å². The van der Waals surface area contributed by atoms with Gasteiger partial charge < -0.3 is 15.4 Å². The van der Waals surface area contributed by atoms with Gasteiger partial charge in [0.05, 0.1) is 18.8 Å². The van der Waals surface area contributed by atoms with Crippen LogP contribution in [0.2, 0.25) is 0 Å². The second-order valence-corrected chi connectivity index (χ2v) is 7.03. The van der Waals surface area contributed by atoms with Crippen LogP contribution in [0.25, 0.3) is 0 Å². The number of hydrogen-bond donors (Lipinski definition) is 2. The summed E-state index contributed by atoms with van der Waals surface area (Å²) in [6, 6.07) is 6.29. The third-order valence-electron chi connectivity index (χ3n) is 4.03. The highest BCUT2D eigenvalue weighted by atomic mass is 16.5. The molecule has 148 valence electrons. The van der Waals surface area contributed by atoms with Crippen LogP contribution in [0.1, 0.15) is 43.9 Å². The van der Waals surface area contributed by atoms with Gasteiger partial charge in [0.15, 0.2) is 5.96 Å². The third-order valence-corrected chi connectivity index (χ3v) is 4.03. The molecule has 1 heterocycles. The lowest BCUT2D eigenvalue weighted by Gasteiger charge is -2.15. The third kappa shape index (κ3) is 7.33. The molecule has 0 fully saturated rings. The van der Waals surface area contributed by atoms with Crippen molar-refractivity contribution in [1.82, 2.24) is 20.4 Å². The number of nitrogens with zero attached hydrogens (tertiary/aromatic N) is 3. The Labute approximate surface area is 163 Å². The minimum atomic E-state index is 0.147. The molecule has 0 spiro atoms. The summed E-state index contributed by atoms with van der Waals surface area (Å²) in [7, 11) is 1.94. The van der Waals surface area contributed by atoms with Gasteiger partial charge in [0.2, 0.25) is 0 Å². The molecular weight excluding hydrogens is 338 g/mol. The van der Waals surface area contributed by atoms with Crippen LogP contribution in [0.4, 0.5) is 0 Å². The Morgan fingerprint density at radius 2 is 2.11 bits per heavy atom. The summed E-state index contributed by atoms with van der Waals surface area (Å²) in [6.45, 7) is 10.5. The van der Waals surface area contributed by atoms with Crippen molar-refractivity contribution in [1.29, 1.82) is 0 Å². The summed E-state index contributed by atoms with van der Waals surface area (Å²) in [5.41, 5.74) is 3.55. The van der Waals surface area contributed by atoms with Crippen LogP contribution in [-0.2, 0) is 20.0 Å². The maximum Gasteiger partial charge on any atom is 0.191 e. The number of guanidine groups is 1. The molecule has 0 radical (unpaired) electrons. The monoisotopic (exact) mass is 371 g/mol. The Bertz CT molecular complexity index is 736. The molecule has 0 bridgehead atoms. The van der Waals surface area contributed by atoms with Crippen LogP contribution in [-0.4, -0.2) is 34.9 Å². The number of aryl methyl sites for hydroxylation is 3. The minimum absolute atomic E-state index is 0.147. The van der Waals surface area contributed by atoms with Crippen molar-refractivity contribution in [3.63, 3.8) is 0 Å². The minimum Gasteiger partial charge on any atom is -0.491 e. The molecule has 0 amide bonds. The summed E-state index contributed by atoms with van der Waals surface area (Å²) >= 11 is 0. The molecule has 2 rings (SSSR count). The summed E-state index contributed by atoms with van der Waals surface area (Å²) in [5.74, 6) is 1.75. The van der Waals surface area contributed by atoms with Gasteiger partial charge in [-0.05, 0) is 57.7 Å². The van der Waals surface area contributed by atoms with E-state index in [9.17, 15) is 0 Å². The molecule has 1 aromatic heterocycles. The van der Waals surface area contributed by atoms with Crippen LogP contribution < -0.4 is 15.4 Å². The summed E-state index contributed by atoms with van der Waals surface area (Å²) in [5, 5.41) is 10.9. The Morgan fingerprint density at radius 1 is 1.30 bits per heavy atom. The molecule has 2 N–H and O–H groups in total. The van der Waals surface area contributed by atoms with E-state index in [-0.39, 0.29) is 6.10 Å². The lowest BCUT2D eigenvalue weighted by atomic mass is 10.1. The quantitative estimate of drug-likeness (QED) is 0.404. The number of ether oxygens (including phenoxy) is 1. The van der Waals surface area contributed by atoms with E-state index in [1.165, 1.54) is 11.1 Å². The summed E-state index contributed by atoms with van der Waals surface area (Å²) in [4.78, 5) is 4.73. The van der Waals surface area contributed by atoms with Gasteiger partial charge in [-0.1, -0.05) is 12.1 Å². The first-order chi connectivity index (χ1) is 13.0. The molecule has 0 saturated carbocycles. The zero-order chi connectivity index (χ0) is 19.6. The lowest BCUT2D eigenvalue weighted by Crippen LogP contribution is -2.37. The number of benzene rings is 1. The van der Waals surface area contributed by atoms with Crippen LogP contribution in [0.3, 0.4) is 0 Å². The van der Waals surface area contributed by atoms with Gasteiger partial charge in [-0.25, -0.2) is 4.99 Å². The van der Waals surface area contributed by atoms with Crippen LogP contribution >= 0.6 is 0 Å². The Balaban J connectivity index is 1.92. The van der Waals surface area contributed by atoms with Crippen molar-refractivity contribution < 1.29 is 4.74 Å². The Morgan fingerprint density at radius 3 is 2.78 bits per heavy atom. The van der Waals surface area contributed by atoms with Crippen LogP contribution in [0, 0.1) is 6.92 Å². The molecule has 0 aliphatic rings. The first-order valence-corrected chi connectivity index (χ1v) is 9.73. The largest absolute Gasteiger partial charge is 0.491 e. The second-order valence-electron chi connectivity index (χ2n) is 7.03. The number of nitrogens with one attached hydrogen (secondary N) is 2. The first-order valence-electron chi connectivity index (χ1n) is 9.73. The number of aliphatic imine (C=N–C) groups is 1. The van der Waals surface area contributed by atoms with E-state index in [0.717, 1.165) is 43.2 Å². The maximum absolute atomic E-state index is 5.95. The van der Waals surface area contributed by atoms with Crippen molar-refractivity contribution in [2.75, 3.05) is 13.1 Å². The SMILES string of the molecule is CCNC(=NCc1ccc(C)cc1OC(C)C)NCCCc1cnn(C)c1. The average Bonchev–Trinajstić information content (AvgIpc) is 3.02. The van der Waals surface area contributed by atoms with E-state index < -0.39 is 0 Å². The van der Waals surface area contributed by atoms with Crippen LogP contribution in [0.15, 0.2) is 35.6 Å². The smallest absolute Gasteiger partial charge is 0.191 e. The maximum atomic E-state index is 5.95. The predicted octanol–water partition coefficient (Wildman–Crippen LogP) is 3.20. The van der Waals surface area contributed by atoms with Gasteiger partial charge >= 0.3 is 0 Å². The van der Waals surface area contributed by atoms with Gasteiger partial charge in [-0.15, -0.1) is 0 Å². The molecule has 2 aromatic rings. The standard InChI is InChI=1S/C21H33N5O/c1-6-22-21(23-11-7-8-18-13-25-26(5)15-18)24-14-19-10-9-17(4)12-20(19)27-16(2)3/h9-10,12-13,15-16H,6-8,11,14H2,1-5H3,(H2,22,23,24). The zero-order valence-electron chi connectivity index (χ0n) is 17.2. The van der Waals surface area contributed by atoms with E-state index in [1.807, 2.05) is 31.8 Å². The number of rotatable bonds is 9. The van der Waals surface area contributed by atoms with Gasteiger partial charge in [0.25, 0.3) is 0 Å². The Kier molecular flexibility index (Phi) is 8.17. The molecule has 0 saturated heterocycles. The van der Waals surface area contributed by atoms with Gasteiger partial charge in [-0.3, -0.25) is 4.68 Å². The normalized spacial score (nSPS) is 11.7. The fourth-order valence-corrected chi connectivity index (χ4v) is 2.76. The van der Waals surface area contributed by atoms with E-state index >= 15 is 0 Å². The van der Waals surface area contributed by atoms with Crippen molar-refractivity contribution in [3.8, 4) is 5.75 Å². The summed E-state index contributed by atoms with van der Waals surface area (Å²) in [6.07, 6.45) is 6.17. The highest BCUT2D eigenvalue weighted by Gasteiger charge is 2.07. The highest BCUT2D eigenvalue weighted by Crippen LogP contribution is 2.22. The molecule has 0 unspecified atom stereocenters. The lowest BCUT2D eigenvalue weighted by molar-refractivity contribution is 0.240. The number of hydrogen-bond acceptors (Lipinski definition) is 3. The molecule has 6 heteroatoms. The Hall–Kier alpha value is -2.50. The molecule has 0 aliphatic heterocycles. The average molecular weight is 372 g/mol. The highest BCUT2D eigenvalue weighted by molar-refractivity contribution is 5.79. The molecule has 0 aliphatic carbocycles. The van der Waals surface area contributed by atoms with Gasteiger partial charge in [0, 0.05) is 31.9 Å². The number of aromatic nitrogens is 2. The summed E-state index contributed by atoms with van der Waals surface area (Å²) < 4.78 is 7.79. The van der Waals surface area contributed by atoms with Gasteiger partial charge in [0.1, 0.15) is 5.75 Å². The molecular formula is C21H33N5O. The van der Waals surface area contributed by atoms with E-state index in [2.05, 4.69) is 54.0 Å². The molecule has 1 aromatic carbocycles. The van der Waals surface area contributed by atoms with E-state index in [0.29, 0.717) is 6.54 Å². The van der Waals surface area contributed by atoms with Crippen molar-refractivity contribution in [3.05, 3.63) is 47.3 Å². The van der Waals surface area contributed by atoms with E-state index in [4.69, 9.17) is 9.73 Å². The van der Waals surface area contributed by atoms with Crippen molar-refractivity contribution >= 4 is 5.96 Å². The topological polar surface area (TPSA) is 63.5 Å². The van der Waals surface area contributed by atoms with Crippen molar-refractivity contribution in [2.24, 2.45) is 12.0 Å². The fourth-order valence-electron chi connectivity index (χ4n) is 2.76. The van der Waals surface area contributed by atoms with Gasteiger partial charge in [-0.2, -0.15) is 5.10 Å². The van der Waals surface area contributed by atoms with Crippen molar-refractivity contribution in [2.45, 2.75) is 53.2 Å². The van der Waals surface area contributed by atoms with Crippen LogP contribution in [0.5, 0.6) is 5.75 Å². The molecule has 27 heavy (non-hydrogen) atoms.